The number of rotatable bonds is 6. The van der Waals surface area contributed by atoms with Gasteiger partial charge in [-0.1, -0.05) is 29.8 Å². The third kappa shape index (κ3) is 4.45. The number of nitrogens with one attached hydrogen (secondary N) is 1. The van der Waals surface area contributed by atoms with Gasteiger partial charge in [-0.2, -0.15) is 10.2 Å². The molecule has 0 fully saturated rings. The first kappa shape index (κ1) is 22.8. The summed E-state index contributed by atoms with van der Waals surface area (Å²) in [7, 11) is 0. The average Bonchev–Trinajstić information content (AvgIpc) is 3.19. The Balaban J connectivity index is 1.58. The Morgan fingerprint density at radius 1 is 1.09 bits per heavy atom. The molecule has 0 aliphatic heterocycles. The number of pyridine rings is 1. The molecule has 0 saturated carbocycles. The lowest BCUT2D eigenvalue weighted by atomic mass is 10.1. The van der Waals surface area contributed by atoms with Gasteiger partial charge < -0.3 is 5.32 Å². The summed E-state index contributed by atoms with van der Waals surface area (Å²) in [4.78, 5) is 17.2. The van der Waals surface area contributed by atoms with Crippen LogP contribution in [0.3, 0.4) is 0 Å². The van der Waals surface area contributed by atoms with Gasteiger partial charge in [-0.3, -0.25) is 9.48 Å². The van der Waals surface area contributed by atoms with E-state index < -0.39 is 6.43 Å². The lowest BCUT2D eigenvalue weighted by Crippen LogP contribution is -2.20. The van der Waals surface area contributed by atoms with Crippen LogP contribution in [0.15, 0.2) is 30.3 Å². The number of carbonyl (C=O) groups excluding carboxylic acids is 1. The molecule has 172 valence electrons. The van der Waals surface area contributed by atoms with Gasteiger partial charge in [0.2, 0.25) is 5.91 Å². The fourth-order valence-corrected chi connectivity index (χ4v) is 4.13. The average molecular weight is 473 g/mol. The van der Waals surface area contributed by atoms with Crippen LogP contribution >= 0.6 is 11.6 Å². The second-order valence-electron chi connectivity index (χ2n) is 7.94. The predicted octanol–water partition coefficient (Wildman–Crippen LogP) is 5.14. The molecule has 10 heteroatoms. The monoisotopic (exact) mass is 472 g/mol. The van der Waals surface area contributed by atoms with Crippen molar-refractivity contribution in [1.29, 1.82) is 0 Å². The number of hydrogen-bond acceptors (Lipinski definition) is 4. The number of alkyl halides is 2. The molecule has 0 saturated heterocycles. The van der Waals surface area contributed by atoms with Crippen molar-refractivity contribution in [2.45, 2.75) is 47.2 Å². The largest absolute Gasteiger partial charge is 0.321 e. The van der Waals surface area contributed by atoms with Gasteiger partial charge >= 0.3 is 0 Å². The van der Waals surface area contributed by atoms with Crippen molar-refractivity contribution in [2.24, 2.45) is 0 Å². The number of anilines is 1. The van der Waals surface area contributed by atoms with Crippen molar-refractivity contribution >= 4 is 34.2 Å². The van der Waals surface area contributed by atoms with E-state index in [4.69, 9.17) is 11.6 Å². The third-order valence-electron chi connectivity index (χ3n) is 5.49. The first-order chi connectivity index (χ1) is 15.7. The topological polar surface area (TPSA) is 77.6 Å². The van der Waals surface area contributed by atoms with Crippen LogP contribution in [0.5, 0.6) is 0 Å². The molecular weight excluding hydrogens is 450 g/mol. The highest BCUT2D eigenvalue weighted by Crippen LogP contribution is 2.30. The smallest absolute Gasteiger partial charge is 0.264 e. The van der Waals surface area contributed by atoms with E-state index in [1.165, 1.54) is 10.7 Å². The first-order valence-corrected chi connectivity index (χ1v) is 10.7. The van der Waals surface area contributed by atoms with E-state index in [9.17, 15) is 13.6 Å². The van der Waals surface area contributed by atoms with Crippen molar-refractivity contribution < 1.29 is 13.6 Å². The fraction of sp³-hybridized carbons (Fsp3) is 0.304. The number of carbonyl (C=O) groups is 1. The number of benzene rings is 1. The number of amides is 1. The maximum Gasteiger partial charge on any atom is 0.264 e. The summed E-state index contributed by atoms with van der Waals surface area (Å²) in [6.07, 6.45) is -2.66. The van der Waals surface area contributed by atoms with E-state index in [0.29, 0.717) is 34.3 Å². The van der Waals surface area contributed by atoms with Gasteiger partial charge in [0.05, 0.1) is 34.7 Å². The van der Waals surface area contributed by atoms with E-state index in [-0.39, 0.29) is 29.0 Å². The molecule has 3 heterocycles. The predicted molar refractivity (Wildman–Crippen MR) is 123 cm³/mol. The Morgan fingerprint density at radius 3 is 2.48 bits per heavy atom. The molecule has 1 N–H and O–H groups in total. The zero-order chi connectivity index (χ0) is 23.9. The van der Waals surface area contributed by atoms with Gasteiger partial charge in [0.15, 0.2) is 5.65 Å². The van der Waals surface area contributed by atoms with Crippen molar-refractivity contribution in [1.82, 2.24) is 24.5 Å². The van der Waals surface area contributed by atoms with Crippen molar-refractivity contribution in [3.63, 3.8) is 0 Å². The second kappa shape index (κ2) is 8.90. The molecule has 0 aliphatic carbocycles. The van der Waals surface area contributed by atoms with Crippen LogP contribution in [0.4, 0.5) is 14.5 Å². The molecule has 0 atom stereocenters. The minimum Gasteiger partial charge on any atom is -0.321 e. The zero-order valence-corrected chi connectivity index (χ0v) is 19.4. The molecule has 0 spiro atoms. The Bertz CT molecular complexity index is 1360. The van der Waals surface area contributed by atoms with Crippen molar-refractivity contribution in [2.75, 3.05) is 5.32 Å². The van der Waals surface area contributed by atoms with Crippen LogP contribution in [0.2, 0.25) is 5.02 Å². The molecule has 7 nitrogen and oxygen atoms in total. The molecule has 4 rings (SSSR count). The summed E-state index contributed by atoms with van der Waals surface area (Å²) in [6.45, 7) is 7.23. The van der Waals surface area contributed by atoms with E-state index in [1.807, 2.05) is 31.2 Å². The number of aryl methyl sites for hydroxylation is 3. The highest BCUT2D eigenvalue weighted by molar-refractivity contribution is 6.31. The van der Waals surface area contributed by atoms with Crippen LogP contribution in [-0.2, 0) is 17.9 Å². The molecule has 33 heavy (non-hydrogen) atoms. The molecule has 0 aliphatic rings. The molecule has 1 amide bonds. The van der Waals surface area contributed by atoms with Gasteiger partial charge in [0.1, 0.15) is 6.54 Å². The fourth-order valence-electron chi connectivity index (χ4n) is 3.93. The standard InChI is InChI=1S/C23H23ClF2N6O/c1-12-9-17(22(25)26)20-13(2)29-32(23(20)27-12)11-19(33)28-21-14(3)30-31(15(21)4)10-16-7-5-6-8-18(16)24/h5-9,22H,10-11H2,1-4H3,(H,28,33). The SMILES string of the molecule is Cc1cc(C(F)F)c2c(C)nn(CC(=O)Nc3c(C)nn(Cc4ccccc4Cl)c3C)c2n1. The van der Waals surface area contributed by atoms with E-state index in [2.05, 4.69) is 20.5 Å². The maximum absolute atomic E-state index is 13.5. The number of fused-ring (bicyclic) bond motifs is 1. The minimum atomic E-state index is -2.66. The van der Waals surface area contributed by atoms with Crippen molar-refractivity contribution in [3.8, 4) is 0 Å². The Kier molecular flexibility index (Phi) is 6.16. The first-order valence-electron chi connectivity index (χ1n) is 10.4. The van der Waals surface area contributed by atoms with Crippen LogP contribution in [0.1, 0.15) is 40.3 Å². The summed E-state index contributed by atoms with van der Waals surface area (Å²) >= 11 is 6.27. The zero-order valence-electron chi connectivity index (χ0n) is 18.7. The Labute approximate surface area is 194 Å². The summed E-state index contributed by atoms with van der Waals surface area (Å²) in [5.41, 5.74) is 3.91. The van der Waals surface area contributed by atoms with Gasteiger partial charge in [0.25, 0.3) is 6.43 Å². The summed E-state index contributed by atoms with van der Waals surface area (Å²) in [6, 6.07) is 8.86. The van der Waals surface area contributed by atoms with Crippen molar-refractivity contribution in [3.05, 3.63) is 69.3 Å². The number of halogens is 3. The van der Waals surface area contributed by atoms with E-state index >= 15 is 0 Å². The number of hydrogen-bond donors (Lipinski definition) is 1. The maximum atomic E-state index is 13.5. The lowest BCUT2D eigenvalue weighted by molar-refractivity contribution is -0.116. The van der Waals surface area contributed by atoms with Crippen LogP contribution in [0.25, 0.3) is 11.0 Å². The highest BCUT2D eigenvalue weighted by atomic mass is 35.5. The Morgan fingerprint density at radius 2 is 1.79 bits per heavy atom. The highest BCUT2D eigenvalue weighted by Gasteiger charge is 2.21. The molecule has 4 aromatic rings. The molecular formula is C23H23ClF2N6O. The normalized spacial score (nSPS) is 11.5. The molecule has 3 aromatic heterocycles. The van der Waals surface area contributed by atoms with Gasteiger partial charge in [-0.25, -0.2) is 18.4 Å². The van der Waals surface area contributed by atoms with Gasteiger partial charge in [-0.05, 0) is 45.4 Å². The molecule has 0 unspecified atom stereocenters. The van der Waals surface area contributed by atoms with E-state index in [1.54, 1.807) is 25.5 Å². The number of aromatic nitrogens is 5. The van der Waals surface area contributed by atoms with Gasteiger partial charge in [-0.15, -0.1) is 0 Å². The second-order valence-corrected chi connectivity index (χ2v) is 8.35. The van der Waals surface area contributed by atoms with Gasteiger partial charge in [0, 0.05) is 16.3 Å². The molecule has 1 aromatic carbocycles. The number of nitrogens with zero attached hydrogens (tertiary/aromatic N) is 5. The lowest BCUT2D eigenvalue weighted by Gasteiger charge is -2.09. The summed E-state index contributed by atoms with van der Waals surface area (Å²) < 4.78 is 30.2. The van der Waals surface area contributed by atoms with Crippen LogP contribution in [0, 0.1) is 27.7 Å². The summed E-state index contributed by atoms with van der Waals surface area (Å²) in [5, 5.41) is 12.6. The quantitative estimate of drug-likeness (QED) is 0.421. The Hall–Kier alpha value is -3.33. The summed E-state index contributed by atoms with van der Waals surface area (Å²) in [5.74, 6) is -0.357. The minimum absolute atomic E-state index is 0.130. The molecule has 0 radical (unpaired) electrons. The van der Waals surface area contributed by atoms with Crippen LogP contribution in [-0.4, -0.2) is 30.5 Å². The van der Waals surface area contributed by atoms with E-state index in [0.717, 1.165) is 11.3 Å². The van der Waals surface area contributed by atoms with Crippen LogP contribution < -0.4 is 5.32 Å². The third-order valence-corrected chi connectivity index (χ3v) is 5.86. The molecule has 0 bridgehead atoms.